The summed E-state index contributed by atoms with van der Waals surface area (Å²) in [6.45, 7) is -0.518. The molecule has 176 valence electrons. The maximum atomic E-state index is 15.5. The van der Waals surface area contributed by atoms with Crippen molar-refractivity contribution < 1.29 is 28.6 Å². The SMILES string of the molecule is COC(=O)c1ccc(O)c(NC(=O)COc2c(C3CCC3)ccc(-c3cnc(N)cn3)c2F)c1. The molecule has 10 heteroatoms. The first-order chi connectivity index (χ1) is 16.4. The Kier molecular flexibility index (Phi) is 6.58. The number of aromatic hydroxyl groups is 1. The third-order valence-electron chi connectivity index (χ3n) is 5.66. The molecule has 2 aromatic carbocycles. The summed E-state index contributed by atoms with van der Waals surface area (Å²) in [6, 6.07) is 7.29. The third kappa shape index (κ3) is 4.75. The number of nitrogens with two attached hydrogens (primary N) is 1. The van der Waals surface area contributed by atoms with E-state index in [0.717, 1.165) is 19.3 Å². The van der Waals surface area contributed by atoms with Gasteiger partial charge in [0.05, 0.1) is 36.4 Å². The van der Waals surface area contributed by atoms with Gasteiger partial charge in [-0.15, -0.1) is 0 Å². The number of rotatable bonds is 7. The molecule has 1 saturated carbocycles. The Bertz CT molecular complexity index is 1230. The summed E-state index contributed by atoms with van der Waals surface area (Å²) in [7, 11) is 1.22. The van der Waals surface area contributed by atoms with E-state index in [2.05, 4.69) is 20.0 Å². The van der Waals surface area contributed by atoms with Crippen LogP contribution in [-0.4, -0.2) is 40.7 Å². The van der Waals surface area contributed by atoms with Crippen LogP contribution in [-0.2, 0) is 9.53 Å². The van der Waals surface area contributed by atoms with E-state index < -0.39 is 24.3 Å². The highest BCUT2D eigenvalue weighted by Crippen LogP contribution is 2.43. The Morgan fingerprint density at radius 3 is 2.65 bits per heavy atom. The summed E-state index contributed by atoms with van der Waals surface area (Å²) in [6.07, 6.45) is 5.53. The van der Waals surface area contributed by atoms with Crippen LogP contribution in [0.1, 0.15) is 41.1 Å². The molecule has 1 heterocycles. The number of hydrogen-bond acceptors (Lipinski definition) is 8. The average Bonchev–Trinajstić information content (AvgIpc) is 2.79. The molecule has 0 atom stereocenters. The van der Waals surface area contributed by atoms with Gasteiger partial charge >= 0.3 is 5.97 Å². The van der Waals surface area contributed by atoms with E-state index in [1.54, 1.807) is 12.1 Å². The van der Waals surface area contributed by atoms with E-state index in [-0.39, 0.29) is 45.7 Å². The van der Waals surface area contributed by atoms with Crippen LogP contribution in [0.3, 0.4) is 0 Å². The molecule has 1 aliphatic rings. The lowest BCUT2D eigenvalue weighted by atomic mass is 9.79. The molecule has 0 radical (unpaired) electrons. The summed E-state index contributed by atoms with van der Waals surface area (Å²) in [5, 5.41) is 12.5. The minimum Gasteiger partial charge on any atom is -0.506 e. The number of carbonyl (C=O) groups is 2. The number of benzene rings is 2. The Balaban J connectivity index is 1.56. The van der Waals surface area contributed by atoms with E-state index in [9.17, 15) is 14.7 Å². The summed E-state index contributed by atoms with van der Waals surface area (Å²) < 4.78 is 25.8. The zero-order valence-corrected chi connectivity index (χ0v) is 18.4. The topological polar surface area (TPSA) is 137 Å². The Morgan fingerprint density at radius 1 is 1.21 bits per heavy atom. The molecule has 34 heavy (non-hydrogen) atoms. The van der Waals surface area contributed by atoms with Gasteiger partial charge < -0.3 is 25.6 Å². The summed E-state index contributed by atoms with van der Waals surface area (Å²) in [5.41, 5.74) is 6.86. The average molecular weight is 466 g/mol. The maximum absolute atomic E-state index is 15.5. The van der Waals surface area contributed by atoms with Crippen LogP contribution in [0, 0.1) is 5.82 Å². The molecule has 4 rings (SSSR count). The second kappa shape index (κ2) is 9.74. The van der Waals surface area contributed by atoms with Crippen LogP contribution in [0.4, 0.5) is 15.9 Å². The highest BCUT2D eigenvalue weighted by Gasteiger charge is 2.27. The first-order valence-electron chi connectivity index (χ1n) is 10.6. The van der Waals surface area contributed by atoms with Gasteiger partial charge in [-0.1, -0.05) is 12.5 Å². The Labute approximate surface area is 194 Å². The number of amides is 1. The van der Waals surface area contributed by atoms with Crippen molar-refractivity contribution in [2.75, 3.05) is 24.8 Å². The third-order valence-corrected chi connectivity index (χ3v) is 5.66. The minimum absolute atomic E-state index is 0.00193. The lowest BCUT2D eigenvalue weighted by Crippen LogP contribution is -2.22. The predicted molar refractivity (Wildman–Crippen MR) is 122 cm³/mol. The minimum atomic E-state index is -0.646. The number of halogens is 1. The zero-order chi connectivity index (χ0) is 24.2. The molecule has 1 aromatic heterocycles. The molecule has 0 aliphatic heterocycles. The van der Waals surface area contributed by atoms with Crippen LogP contribution in [0.5, 0.6) is 11.5 Å². The quantitative estimate of drug-likeness (QED) is 0.355. The molecular weight excluding hydrogens is 443 g/mol. The number of methoxy groups -OCH3 is 1. The van der Waals surface area contributed by atoms with Crippen molar-refractivity contribution in [3.05, 3.63) is 59.7 Å². The number of carbonyl (C=O) groups excluding carboxylic acids is 2. The van der Waals surface area contributed by atoms with Crippen molar-refractivity contribution in [3.63, 3.8) is 0 Å². The predicted octanol–water partition coefficient (Wildman–Crippen LogP) is 3.64. The van der Waals surface area contributed by atoms with Gasteiger partial charge in [0.15, 0.2) is 18.2 Å². The molecule has 3 aromatic rings. The van der Waals surface area contributed by atoms with Gasteiger partial charge in [0.2, 0.25) is 0 Å². The fraction of sp³-hybridized carbons (Fsp3) is 0.250. The standard InChI is InChI=1S/C24H23FN4O5/c1-33-24(32)14-5-8-19(30)17(9-14)29-21(31)12-34-23-15(13-3-2-4-13)6-7-16(22(23)25)18-10-28-20(26)11-27-18/h5-11,13,30H,2-4,12H2,1H3,(H2,26,28)(H,29,31). The smallest absolute Gasteiger partial charge is 0.337 e. The van der Waals surface area contributed by atoms with Crippen molar-refractivity contribution in [1.82, 2.24) is 9.97 Å². The Hall–Kier alpha value is -4.21. The summed E-state index contributed by atoms with van der Waals surface area (Å²) in [5.74, 6) is -1.83. The van der Waals surface area contributed by atoms with Gasteiger partial charge in [-0.2, -0.15) is 0 Å². The number of nitrogen functional groups attached to an aromatic ring is 1. The van der Waals surface area contributed by atoms with Crippen molar-refractivity contribution in [1.29, 1.82) is 0 Å². The molecule has 0 bridgehead atoms. The second-order valence-corrected chi connectivity index (χ2v) is 7.86. The number of nitrogens with one attached hydrogen (secondary N) is 1. The summed E-state index contributed by atoms with van der Waals surface area (Å²) >= 11 is 0. The van der Waals surface area contributed by atoms with Crippen LogP contribution in [0.15, 0.2) is 42.7 Å². The number of nitrogens with zero attached hydrogens (tertiary/aromatic N) is 2. The van der Waals surface area contributed by atoms with E-state index in [4.69, 9.17) is 10.5 Å². The van der Waals surface area contributed by atoms with Gasteiger partial charge in [-0.05, 0) is 43.0 Å². The molecule has 0 spiro atoms. The highest BCUT2D eigenvalue weighted by atomic mass is 19.1. The molecule has 9 nitrogen and oxygen atoms in total. The largest absolute Gasteiger partial charge is 0.506 e. The fourth-order valence-corrected chi connectivity index (χ4v) is 3.64. The van der Waals surface area contributed by atoms with Crippen molar-refractivity contribution in [3.8, 4) is 22.8 Å². The number of anilines is 2. The van der Waals surface area contributed by atoms with E-state index in [1.807, 2.05) is 0 Å². The number of aromatic nitrogens is 2. The number of esters is 1. The fourth-order valence-electron chi connectivity index (χ4n) is 3.64. The van der Waals surface area contributed by atoms with Gasteiger partial charge in [-0.3, -0.25) is 9.78 Å². The van der Waals surface area contributed by atoms with Crippen LogP contribution in [0.2, 0.25) is 0 Å². The first kappa shape index (κ1) is 23.0. The number of hydrogen-bond donors (Lipinski definition) is 3. The van der Waals surface area contributed by atoms with Gasteiger partial charge in [-0.25, -0.2) is 14.2 Å². The molecular formula is C24H23FN4O5. The molecule has 1 fully saturated rings. The van der Waals surface area contributed by atoms with Crippen molar-refractivity contribution >= 4 is 23.4 Å². The summed E-state index contributed by atoms with van der Waals surface area (Å²) in [4.78, 5) is 32.3. The lowest BCUT2D eigenvalue weighted by Gasteiger charge is -2.28. The van der Waals surface area contributed by atoms with Gasteiger partial charge in [0.25, 0.3) is 5.91 Å². The van der Waals surface area contributed by atoms with Gasteiger partial charge in [0.1, 0.15) is 11.6 Å². The molecule has 1 aliphatic carbocycles. The van der Waals surface area contributed by atoms with E-state index >= 15 is 4.39 Å². The number of ether oxygens (including phenoxy) is 2. The maximum Gasteiger partial charge on any atom is 0.337 e. The monoisotopic (exact) mass is 466 g/mol. The van der Waals surface area contributed by atoms with E-state index in [1.165, 1.54) is 37.7 Å². The van der Waals surface area contributed by atoms with Gasteiger partial charge in [0, 0.05) is 11.1 Å². The second-order valence-electron chi connectivity index (χ2n) is 7.86. The first-order valence-corrected chi connectivity index (χ1v) is 10.6. The van der Waals surface area contributed by atoms with Crippen LogP contribution >= 0.6 is 0 Å². The normalized spacial score (nSPS) is 13.1. The zero-order valence-electron chi connectivity index (χ0n) is 18.4. The van der Waals surface area contributed by atoms with Crippen molar-refractivity contribution in [2.24, 2.45) is 0 Å². The van der Waals surface area contributed by atoms with E-state index in [0.29, 0.717) is 5.56 Å². The molecule has 1 amide bonds. The number of phenols is 1. The molecule has 0 saturated heterocycles. The lowest BCUT2D eigenvalue weighted by molar-refractivity contribution is -0.118. The Morgan fingerprint density at radius 2 is 2.00 bits per heavy atom. The number of phenolic OH excluding ortho intramolecular Hbond substituents is 1. The highest BCUT2D eigenvalue weighted by molar-refractivity contribution is 5.96. The van der Waals surface area contributed by atoms with Crippen LogP contribution < -0.4 is 15.8 Å². The molecule has 0 unspecified atom stereocenters. The van der Waals surface area contributed by atoms with Crippen LogP contribution in [0.25, 0.3) is 11.3 Å². The van der Waals surface area contributed by atoms with Crippen molar-refractivity contribution in [2.45, 2.75) is 25.2 Å². The molecule has 4 N–H and O–H groups in total.